The molecule has 1 aliphatic heterocycles. The number of ether oxygens (including phenoxy) is 1. The molecule has 75 heavy (non-hydrogen) atoms. The zero-order chi connectivity index (χ0) is 50.3. The molecule has 0 saturated carbocycles. The monoisotopic (exact) mass is 1080 g/mol. The van der Waals surface area contributed by atoms with Crippen LogP contribution in [-0.4, -0.2) is 60.6 Å². The first-order chi connectivity index (χ1) is 36.2. The number of hydrogen-bond acceptors (Lipinski definition) is 7. The quantitative estimate of drug-likeness (QED) is 0.0271. The van der Waals surface area contributed by atoms with Crippen LogP contribution in [0.15, 0.2) is 243 Å². The third-order valence-corrected chi connectivity index (χ3v) is 12.0. The van der Waals surface area contributed by atoms with Crippen LogP contribution in [0.1, 0.15) is 78.0 Å². The molecule has 8 aromatic rings. The minimum Gasteiger partial charge on any atom is -1.00 e. The Kier molecular flexibility index (Phi) is 34.0. The fourth-order valence-electron chi connectivity index (χ4n) is 8.02. The van der Waals surface area contributed by atoms with Crippen molar-refractivity contribution < 1.29 is 37.8 Å². The molecule has 0 amide bonds. The van der Waals surface area contributed by atoms with Crippen LogP contribution in [0, 0.1) is 0 Å². The summed E-state index contributed by atoms with van der Waals surface area (Å²) in [6.07, 6.45) is 7.81. The molecule has 390 valence electrons. The SMILES string of the molecule is [Br-].[H-].[Mg+2].c1ccc(CCCON(Cc2ccccc2)Cc2ccccc2)cc1.c1ccc(CCCOOCC2CCCCO2)cc1.c1ccc(CNCc2ccccc2)cc1.c1ccc(CNCc2ccccc2)cc1. The van der Waals surface area contributed by atoms with Crippen LogP contribution in [0.5, 0.6) is 0 Å². The van der Waals surface area contributed by atoms with Crippen molar-refractivity contribution in [3.05, 3.63) is 287 Å². The molecule has 0 radical (unpaired) electrons. The van der Waals surface area contributed by atoms with E-state index in [4.69, 9.17) is 19.3 Å². The Balaban J connectivity index is 0.000000269. The van der Waals surface area contributed by atoms with Gasteiger partial charge >= 0.3 is 23.1 Å². The zero-order valence-corrected chi connectivity index (χ0v) is 46.9. The van der Waals surface area contributed by atoms with Gasteiger partial charge in [0.25, 0.3) is 0 Å². The Labute approximate surface area is 477 Å². The number of rotatable bonds is 24. The largest absolute Gasteiger partial charge is 2.00 e. The summed E-state index contributed by atoms with van der Waals surface area (Å²) in [6, 6.07) is 83.8. The molecule has 1 aliphatic rings. The smallest absolute Gasteiger partial charge is 1.00 e. The summed E-state index contributed by atoms with van der Waals surface area (Å²) in [5, 5.41) is 8.90. The van der Waals surface area contributed by atoms with Crippen LogP contribution in [0.2, 0.25) is 0 Å². The Morgan fingerprint density at radius 3 is 1.05 bits per heavy atom. The van der Waals surface area contributed by atoms with Gasteiger partial charge in [0.15, 0.2) is 0 Å². The van der Waals surface area contributed by atoms with Crippen molar-refractivity contribution in [2.75, 3.05) is 26.4 Å². The van der Waals surface area contributed by atoms with Gasteiger partial charge in [-0.1, -0.05) is 243 Å². The number of halogens is 1. The molecule has 1 fully saturated rings. The van der Waals surface area contributed by atoms with Crippen molar-refractivity contribution in [3.63, 3.8) is 0 Å². The van der Waals surface area contributed by atoms with E-state index in [2.05, 4.69) is 216 Å². The molecule has 0 bridgehead atoms. The summed E-state index contributed by atoms with van der Waals surface area (Å²) >= 11 is 0. The van der Waals surface area contributed by atoms with Gasteiger partial charge in [0.05, 0.1) is 19.3 Å². The van der Waals surface area contributed by atoms with Crippen molar-refractivity contribution in [1.82, 2.24) is 15.7 Å². The maximum absolute atomic E-state index is 6.11. The van der Waals surface area contributed by atoms with E-state index in [1.54, 1.807) is 0 Å². The Hall–Kier alpha value is -5.27. The molecule has 9 heteroatoms. The molecule has 2 N–H and O–H groups in total. The molecule has 0 spiro atoms. The molecule has 1 atom stereocenters. The average Bonchev–Trinajstić information content (AvgIpc) is 3.46. The van der Waals surface area contributed by atoms with Crippen LogP contribution < -0.4 is 27.6 Å². The maximum Gasteiger partial charge on any atom is 2.00 e. The van der Waals surface area contributed by atoms with E-state index >= 15 is 0 Å². The van der Waals surface area contributed by atoms with E-state index in [1.807, 2.05) is 42.5 Å². The Bertz CT molecular complexity index is 2310. The number of hydrogen-bond donors (Lipinski definition) is 2. The first-order valence-electron chi connectivity index (χ1n) is 26.2. The first kappa shape index (κ1) is 62.3. The minimum atomic E-state index is 0. The second kappa shape index (κ2) is 41.0. The van der Waals surface area contributed by atoms with Crippen LogP contribution >= 0.6 is 0 Å². The van der Waals surface area contributed by atoms with Gasteiger partial charge < -0.3 is 33.8 Å². The number of nitrogens with zero attached hydrogens (tertiary/aromatic N) is 1. The number of nitrogens with one attached hydrogen (secondary N) is 2. The number of aryl methyl sites for hydroxylation is 2. The molecular weight excluding hydrogens is 1000 g/mol. The standard InChI is InChI=1S/C23H25NO.C15H22O3.2C14H15N.BrH.Mg.H/c1-4-11-21(12-5-1)17-10-18-25-24(19-22-13-6-2-7-14-22)20-23-15-8-3-9-16-23;1-2-7-14(8-3-1)9-6-12-17-18-13-15-10-4-5-11-16-15;2*1-3-7-13(8-4-1)11-15-12-14-9-5-2-6-10-14;;;/h1-9,11-16H,10,17-20H2;1-3,7-8,15H,4-6,9-13H2;2*1-10,15H,11-12H2;1H;;/q;;;;;+2;-1/p-1. The third kappa shape index (κ3) is 29.0. The van der Waals surface area contributed by atoms with Crippen LogP contribution in [0.4, 0.5) is 0 Å². The minimum absolute atomic E-state index is 0. The Morgan fingerprint density at radius 1 is 0.400 bits per heavy atom. The van der Waals surface area contributed by atoms with Crippen molar-refractivity contribution in [1.29, 1.82) is 0 Å². The molecule has 9 rings (SSSR count). The molecule has 1 saturated heterocycles. The second-order valence-corrected chi connectivity index (χ2v) is 18.0. The summed E-state index contributed by atoms with van der Waals surface area (Å²) in [5.74, 6) is 0. The summed E-state index contributed by atoms with van der Waals surface area (Å²) in [6.45, 7) is 8.09. The zero-order valence-electron chi connectivity index (χ0n) is 44.9. The first-order valence-corrected chi connectivity index (χ1v) is 26.2. The van der Waals surface area contributed by atoms with Crippen molar-refractivity contribution in [2.45, 2.75) is 90.3 Å². The van der Waals surface area contributed by atoms with Gasteiger partial charge in [-0.3, -0.25) is 4.84 Å². The van der Waals surface area contributed by atoms with Crippen molar-refractivity contribution in [2.24, 2.45) is 0 Å². The normalized spacial score (nSPS) is 12.5. The number of benzene rings is 8. The van der Waals surface area contributed by atoms with Gasteiger partial charge in [-0.25, -0.2) is 9.78 Å². The van der Waals surface area contributed by atoms with Crippen LogP contribution in [0.25, 0.3) is 0 Å². The maximum atomic E-state index is 6.11. The van der Waals surface area contributed by atoms with Gasteiger partial charge in [-0.05, 0) is 89.5 Å². The average molecular weight is 1080 g/mol. The summed E-state index contributed by atoms with van der Waals surface area (Å²) in [5.41, 5.74) is 10.5. The number of hydroxylamine groups is 2. The van der Waals surface area contributed by atoms with E-state index in [-0.39, 0.29) is 47.6 Å². The van der Waals surface area contributed by atoms with Gasteiger partial charge in [0.1, 0.15) is 6.61 Å². The van der Waals surface area contributed by atoms with E-state index in [1.165, 1.54) is 57.3 Å². The molecule has 1 heterocycles. The molecule has 1 unspecified atom stereocenters. The van der Waals surface area contributed by atoms with Gasteiger partial charge in [0.2, 0.25) is 0 Å². The van der Waals surface area contributed by atoms with Crippen LogP contribution in [-0.2, 0) is 71.5 Å². The molecular formula is C66H78BrMgN3O4. The summed E-state index contributed by atoms with van der Waals surface area (Å²) < 4.78 is 5.55. The Morgan fingerprint density at radius 2 is 0.720 bits per heavy atom. The predicted molar refractivity (Wildman–Crippen MR) is 307 cm³/mol. The van der Waals surface area contributed by atoms with Gasteiger partial charge in [-0.15, -0.1) is 0 Å². The van der Waals surface area contributed by atoms with Gasteiger partial charge in [-0.2, -0.15) is 5.06 Å². The third-order valence-electron chi connectivity index (χ3n) is 12.0. The second-order valence-electron chi connectivity index (χ2n) is 18.0. The van der Waals surface area contributed by atoms with E-state index in [0.29, 0.717) is 13.2 Å². The summed E-state index contributed by atoms with van der Waals surface area (Å²) in [4.78, 5) is 16.5. The molecule has 7 nitrogen and oxygen atoms in total. The fourth-order valence-corrected chi connectivity index (χ4v) is 8.02. The van der Waals surface area contributed by atoms with Crippen LogP contribution in [0.3, 0.4) is 0 Å². The topological polar surface area (TPSA) is 64.2 Å². The van der Waals surface area contributed by atoms with E-state index in [9.17, 15) is 0 Å². The molecule has 0 aliphatic carbocycles. The van der Waals surface area contributed by atoms with Gasteiger partial charge in [0, 0.05) is 45.9 Å². The van der Waals surface area contributed by atoms with Crippen molar-refractivity contribution >= 4 is 23.1 Å². The summed E-state index contributed by atoms with van der Waals surface area (Å²) in [7, 11) is 0. The van der Waals surface area contributed by atoms with E-state index < -0.39 is 0 Å². The predicted octanol–water partition coefficient (Wildman–Crippen LogP) is 11.1. The van der Waals surface area contributed by atoms with E-state index in [0.717, 1.165) is 84.6 Å². The van der Waals surface area contributed by atoms with Crippen molar-refractivity contribution in [3.8, 4) is 0 Å². The fraction of sp³-hybridized carbons (Fsp3) is 0.273. The molecule has 0 aromatic heterocycles. The molecule has 8 aromatic carbocycles.